The third-order valence-corrected chi connectivity index (χ3v) is 8.95. The van der Waals surface area contributed by atoms with Crippen molar-refractivity contribution in [3.8, 4) is 22.5 Å². The molecule has 0 saturated heterocycles. The maximum atomic E-state index is 2.49. The molecule has 0 fully saturated rings. The highest BCUT2D eigenvalue weighted by Gasteiger charge is 2.20. The van der Waals surface area contributed by atoms with Crippen LogP contribution >= 0.6 is 0 Å². The zero-order chi connectivity index (χ0) is 27.6. The average Bonchev–Trinajstić information content (AvgIpc) is 3.57. The Morgan fingerprint density at radius 2 is 1.17 bits per heavy atom. The summed E-state index contributed by atoms with van der Waals surface area (Å²) in [7, 11) is 0. The fourth-order valence-corrected chi connectivity index (χ4v) is 7.04. The van der Waals surface area contributed by atoms with Gasteiger partial charge in [-0.3, -0.25) is 0 Å². The lowest BCUT2D eigenvalue weighted by molar-refractivity contribution is 0.889. The number of aromatic nitrogens is 2. The minimum Gasteiger partial charge on any atom is -0.313 e. The summed E-state index contributed by atoms with van der Waals surface area (Å²) in [6, 6.07) is 48.9. The van der Waals surface area contributed by atoms with Crippen LogP contribution < -0.4 is 0 Å². The zero-order valence-corrected chi connectivity index (χ0v) is 23.2. The van der Waals surface area contributed by atoms with Gasteiger partial charge in [0.25, 0.3) is 0 Å². The van der Waals surface area contributed by atoms with E-state index in [0.29, 0.717) is 0 Å². The Bertz CT molecular complexity index is 2360. The molecule has 8 aromatic rings. The Morgan fingerprint density at radius 1 is 0.452 bits per heavy atom. The molecule has 0 amide bonds. The SMILES string of the molecule is C1=Cc2c(n(-c3ccc4c(c3)c3ccccc3n4-c3cccc(-c4ccc5ccccc5c4)c3)c3ccccc23)CC1. The molecule has 9 rings (SSSR count). The first-order valence-corrected chi connectivity index (χ1v) is 14.8. The minimum absolute atomic E-state index is 1.06. The zero-order valence-electron chi connectivity index (χ0n) is 23.2. The van der Waals surface area contributed by atoms with E-state index < -0.39 is 0 Å². The number of fused-ring (bicyclic) bond motifs is 7. The molecule has 2 heterocycles. The van der Waals surface area contributed by atoms with Crippen LogP contribution in [-0.2, 0) is 6.42 Å². The first-order valence-electron chi connectivity index (χ1n) is 14.8. The van der Waals surface area contributed by atoms with Crippen molar-refractivity contribution in [2.45, 2.75) is 12.8 Å². The molecule has 42 heavy (non-hydrogen) atoms. The lowest BCUT2D eigenvalue weighted by atomic mass is 10.0. The van der Waals surface area contributed by atoms with Gasteiger partial charge in [-0.15, -0.1) is 0 Å². The normalized spacial score (nSPS) is 13.0. The Balaban J connectivity index is 1.25. The maximum absolute atomic E-state index is 2.49. The number of allylic oxidation sites excluding steroid dienone is 1. The quantitative estimate of drug-likeness (QED) is 0.213. The average molecular weight is 537 g/mol. The molecule has 0 bridgehead atoms. The lowest BCUT2D eigenvalue weighted by Crippen LogP contribution is -2.03. The van der Waals surface area contributed by atoms with E-state index >= 15 is 0 Å². The number of rotatable bonds is 3. The van der Waals surface area contributed by atoms with Crippen LogP contribution in [0.15, 0.2) is 140 Å². The fourth-order valence-electron chi connectivity index (χ4n) is 7.04. The van der Waals surface area contributed by atoms with E-state index in [1.807, 2.05) is 0 Å². The van der Waals surface area contributed by atoms with Crippen LogP contribution in [0, 0.1) is 0 Å². The highest BCUT2D eigenvalue weighted by molar-refractivity contribution is 6.10. The first kappa shape index (κ1) is 23.4. The van der Waals surface area contributed by atoms with E-state index in [1.165, 1.54) is 77.2 Å². The van der Waals surface area contributed by atoms with Crippen LogP contribution in [0.25, 0.3) is 72.1 Å². The second kappa shape index (κ2) is 9.09. The molecule has 0 N–H and O–H groups in total. The predicted octanol–water partition coefficient (Wildman–Crippen LogP) is 10.5. The summed E-state index contributed by atoms with van der Waals surface area (Å²) in [6.45, 7) is 0. The van der Waals surface area contributed by atoms with Crippen molar-refractivity contribution in [1.82, 2.24) is 9.13 Å². The van der Waals surface area contributed by atoms with Crippen LogP contribution in [-0.4, -0.2) is 9.13 Å². The molecule has 2 nitrogen and oxygen atoms in total. The monoisotopic (exact) mass is 536 g/mol. The van der Waals surface area contributed by atoms with Crippen molar-refractivity contribution < 1.29 is 0 Å². The molecule has 0 radical (unpaired) electrons. The van der Waals surface area contributed by atoms with Gasteiger partial charge in [-0.1, -0.05) is 97.1 Å². The Morgan fingerprint density at radius 3 is 2.07 bits per heavy atom. The fraction of sp³-hybridized carbons (Fsp3) is 0.0500. The molecule has 1 aliphatic rings. The van der Waals surface area contributed by atoms with Crippen molar-refractivity contribution in [2.75, 3.05) is 0 Å². The van der Waals surface area contributed by atoms with E-state index in [9.17, 15) is 0 Å². The van der Waals surface area contributed by atoms with Gasteiger partial charge in [0.2, 0.25) is 0 Å². The molecule has 0 spiro atoms. The number of hydrogen-bond acceptors (Lipinski definition) is 0. The Labute approximate surface area is 244 Å². The lowest BCUT2D eigenvalue weighted by Gasteiger charge is -2.14. The van der Waals surface area contributed by atoms with Gasteiger partial charge < -0.3 is 9.13 Å². The third-order valence-electron chi connectivity index (χ3n) is 8.95. The summed E-state index contributed by atoms with van der Waals surface area (Å²) in [5.74, 6) is 0. The van der Waals surface area contributed by atoms with Crippen molar-refractivity contribution in [2.24, 2.45) is 0 Å². The predicted molar refractivity (Wildman–Crippen MR) is 178 cm³/mol. The van der Waals surface area contributed by atoms with E-state index in [0.717, 1.165) is 12.8 Å². The molecule has 198 valence electrons. The molecule has 0 unspecified atom stereocenters. The Hall–Kier alpha value is -5.34. The van der Waals surface area contributed by atoms with Gasteiger partial charge in [0.05, 0.1) is 16.6 Å². The molecule has 1 aliphatic carbocycles. The van der Waals surface area contributed by atoms with Gasteiger partial charge in [-0.25, -0.2) is 0 Å². The molecule has 2 aromatic heterocycles. The minimum atomic E-state index is 1.06. The summed E-state index contributed by atoms with van der Waals surface area (Å²) < 4.78 is 4.91. The maximum Gasteiger partial charge on any atom is 0.0542 e. The molecular formula is C40H28N2. The standard InChI is InChI=1S/C40H28N2/c1-2-11-28-24-30(21-20-27(28)10-1)29-12-9-13-31(25-29)41-39-19-8-5-16-35(39)36-26-32(22-23-40(36)41)42-37-17-6-3-14-33(37)34-15-4-7-18-38(34)42/h1-6,8-17,19-26H,7,18H2. The number of hydrogen-bond donors (Lipinski definition) is 0. The topological polar surface area (TPSA) is 9.86 Å². The van der Waals surface area contributed by atoms with E-state index in [4.69, 9.17) is 0 Å². The molecule has 0 aliphatic heterocycles. The van der Waals surface area contributed by atoms with Gasteiger partial charge in [0.15, 0.2) is 0 Å². The number of benzene rings is 6. The molecule has 0 saturated carbocycles. The van der Waals surface area contributed by atoms with Gasteiger partial charge in [0, 0.05) is 38.8 Å². The van der Waals surface area contributed by atoms with E-state index in [-0.39, 0.29) is 0 Å². The van der Waals surface area contributed by atoms with Crippen molar-refractivity contribution >= 4 is 49.6 Å². The highest BCUT2D eigenvalue weighted by atomic mass is 15.0. The molecular weight excluding hydrogens is 508 g/mol. The van der Waals surface area contributed by atoms with Gasteiger partial charge in [0.1, 0.15) is 0 Å². The second-order valence-corrected chi connectivity index (χ2v) is 11.3. The second-order valence-electron chi connectivity index (χ2n) is 11.3. The summed E-state index contributed by atoms with van der Waals surface area (Å²) in [5, 5.41) is 6.41. The summed E-state index contributed by atoms with van der Waals surface area (Å²) in [5.41, 5.74) is 11.4. The molecule has 6 aromatic carbocycles. The van der Waals surface area contributed by atoms with Gasteiger partial charge >= 0.3 is 0 Å². The molecule has 0 atom stereocenters. The van der Waals surface area contributed by atoms with Crippen LogP contribution in [0.4, 0.5) is 0 Å². The van der Waals surface area contributed by atoms with Crippen LogP contribution in [0.2, 0.25) is 0 Å². The van der Waals surface area contributed by atoms with Crippen molar-refractivity contribution in [1.29, 1.82) is 0 Å². The summed E-state index contributed by atoms with van der Waals surface area (Å²) in [6.07, 6.45) is 6.76. The van der Waals surface area contributed by atoms with Crippen molar-refractivity contribution in [3.05, 3.63) is 151 Å². The Kier molecular flexibility index (Phi) is 5.06. The smallest absolute Gasteiger partial charge is 0.0542 e. The van der Waals surface area contributed by atoms with Crippen LogP contribution in [0.1, 0.15) is 17.7 Å². The van der Waals surface area contributed by atoms with Gasteiger partial charge in [-0.2, -0.15) is 0 Å². The van der Waals surface area contributed by atoms with Crippen LogP contribution in [0.5, 0.6) is 0 Å². The van der Waals surface area contributed by atoms with Crippen molar-refractivity contribution in [3.63, 3.8) is 0 Å². The highest BCUT2D eigenvalue weighted by Crippen LogP contribution is 2.38. The first-order chi connectivity index (χ1) is 20.8. The van der Waals surface area contributed by atoms with Crippen LogP contribution in [0.3, 0.4) is 0 Å². The molecule has 2 heteroatoms. The summed E-state index contributed by atoms with van der Waals surface area (Å²) >= 11 is 0. The largest absolute Gasteiger partial charge is 0.313 e. The third kappa shape index (κ3) is 3.45. The number of para-hydroxylation sites is 2. The summed E-state index contributed by atoms with van der Waals surface area (Å²) in [4.78, 5) is 0. The van der Waals surface area contributed by atoms with Gasteiger partial charge in [-0.05, 0) is 83.3 Å². The number of nitrogens with zero attached hydrogens (tertiary/aromatic N) is 2. The van der Waals surface area contributed by atoms with E-state index in [1.54, 1.807) is 0 Å². The van der Waals surface area contributed by atoms with E-state index in [2.05, 4.69) is 155 Å².